The van der Waals surface area contributed by atoms with Gasteiger partial charge in [-0.05, 0) is 37.5 Å². The van der Waals surface area contributed by atoms with Crippen LogP contribution in [-0.2, 0) is 21.2 Å². The van der Waals surface area contributed by atoms with Gasteiger partial charge in [0.05, 0.1) is 11.0 Å². The fourth-order valence-corrected chi connectivity index (χ4v) is 5.42. The maximum atomic E-state index is 12.6. The van der Waals surface area contributed by atoms with Gasteiger partial charge in [-0.15, -0.1) is 10.2 Å². The van der Waals surface area contributed by atoms with E-state index in [1.165, 1.54) is 55.6 Å². The summed E-state index contributed by atoms with van der Waals surface area (Å²) in [4.78, 5) is 12.7. The average Bonchev–Trinajstić information content (AvgIpc) is 3.47. The molecule has 1 aliphatic heterocycles. The van der Waals surface area contributed by atoms with Crippen molar-refractivity contribution in [3.8, 4) is 0 Å². The molecule has 3 rings (SSSR count). The van der Waals surface area contributed by atoms with Crippen LogP contribution < -0.4 is 10.0 Å². The average molecular weight is 481 g/mol. The van der Waals surface area contributed by atoms with Crippen molar-refractivity contribution < 1.29 is 17.9 Å². The molecule has 1 saturated heterocycles. The van der Waals surface area contributed by atoms with Crippen molar-refractivity contribution in [3.63, 3.8) is 0 Å². The molecular weight excluding hydrogens is 448 g/mol. The van der Waals surface area contributed by atoms with Crippen molar-refractivity contribution in [2.45, 2.75) is 75.7 Å². The smallest absolute Gasteiger partial charge is 0.257 e. The molecule has 10 heteroatoms. The number of aryl methyl sites for hydroxylation is 1. The number of benzene rings is 1. The van der Waals surface area contributed by atoms with E-state index in [-0.39, 0.29) is 23.1 Å². The number of rotatable bonds is 13. The Bertz CT molecular complexity index is 972. The van der Waals surface area contributed by atoms with Gasteiger partial charge in [-0.1, -0.05) is 56.4 Å². The van der Waals surface area contributed by atoms with E-state index in [0.717, 1.165) is 30.7 Å². The molecule has 1 unspecified atom stereocenters. The third-order valence-electron chi connectivity index (χ3n) is 5.36. The number of sulfonamides is 1. The highest BCUT2D eigenvalue weighted by Crippen LogP contribution is 2.20. The minimum absolute atomic E-state index is 0.0455. The fraction of sp³-hybridized carbons (Fsp3) is 0.591. The maximum absolute atomic E-state index is 12.6. The van der Waals surface area contributed by atoms with Gasteiger partial charge in [0, 0.05) is 25.1 Å². The quantitative estimate of drug-likeness (QED) is 0.417. The molecule has 2 heterocycles. The lowest BCUT2D eigenvalue weighted by Crippen LogP contribution is -2.32. The van der Waals surface area contributed by atoms with Crippen LogP contribution in [-0.4, -0.2) is 43.8 Å². The Kier molecular flexibility index (Phi) is 9.58. The van der Waals surface area contributed by atoms with E-state index in [4.69, 9.17) is 4.74 Å². The normalized spacial score (nSPS) is 16.3. The first-order valence-electron chi connectivity index (χ1n) is 11.3. The zero-order valence-corrected chi connectivity index (χ0v) is 20.1. The Labute approximate surface area is 194 Å². The summed E-state index contributed by atoms with van der Waals surface area (Å²) in [6.07, 6.45) is 9.78. The largest absolute Gasteiger partial charge is 0.377 e. The van der Waals surface area contributed by atoms with Crippen LogP contribution in [0.15, 0.2) is 29.2 Å². The number of hydrogen-bond acceptors (Lipinski definition) is 7. The van der Waals surface area contributed by atoms with E-state index >= 15 is 0 Å². The second kappa shape index (κ2) is 12.4. The van der Waals surface area contributed by atoms with Crippen LogP contribution in [0.5, 0.6) is 0 Å². The second-order valence-electron chi connectivity index (χ2n) is 7.99. The van der Waals surface area contributed by atoms with Crippen LogP contribution in [0.2, 0.25) is 0 Å². The number of nitrogens with zero attached hydrogens (tertiary/aromatic N) is 2. The summed E-state index contributed by atoms with van der Waals surface area (Å²) in [5.41, 5.74) is 0.248. The third-order valence-corrected chi connectivity index (χ3v) is 7.68. The molecular formula is C22H32N4O4S2. The first kappa shape index (κ1) is 24.8. The van der Waals surface area contributed by atoms with Gasteiger partial charge in [0.2, 0.25) is 15.2 Å². The maximum Gasteiger partial charge on any atom is 0.257 e. The molecule has 0 radical (unpaired) electrons. The van der Waals surface area contributed by atoms with Crippen molar-refractivity contribution in [1.82, 2.24) is 14.9 Å². The number of unbranched alkanes of at least 4 members (excludes halogenated alkanes) is 5. The molecule has 32 heavy (non-hydrogen) atoms. The Morgan fingerprint density at radius 1 is 1.19 bits per heavy atom. The summed E-state index contributed by atoms with van der Waals surface area (Å²) >= 11 is 1.36. The van der Waals surface area contributed by atoms with Crippen molar-refractivity contribution in [2.24, 2.45) is 0 Å². The second-order valence-corrected chi connectivity index (χ2v) is 10.8. The number of ether oxygens (including phenoxy) is 1. The third kappa shape index (κ3) is 7.61. The first-order chi connectivity index (χ1) is 15.5. The van der Waals surface area contributed by atoms with Crippen molar-refractivity contribution in [1.29, 1.82) is 0 Å². The minimum atomic E-state index is -3.73. The summed E-state index contributed by atoms with van der Waals surface area (Å²) in [7, 11) is -3.73. The van der Waals surface area contributed by atoms with Crippen LogP contribution in [0.25, 0.3) is 0 Å². The monoisotopic (exact) mass is 480 g/mol. The highest BCUT2D eigenvalue weighted by Gasteiger charge is 2.21. The van der Waals surface area contributed by atoms with Crippen molar-refractivity contribution in [3.05, 3.63) is 34.8 Å². The lowest BCUT2D eigenvalue weighted by Gasteiger charge is -2.12. The minimum Gasteiger partial charge on any atom is -0.377 e. The molecule has 0 saturated carbocycles. The van der Waals surface area contributed by atoms with Crippen LogP contribution in [0, 0.1) is 0 Å². The Hall–Kier alpha value is -1.88. The highest BCUT2D eigenvalue weighted by atomic mass is 32.2. The van der Waals surface area contributed by atoms with E-state index in [1.54, 1.807) is 12.1 Å². The van der Waals surface area contributed by atoms with E-state index < -0.39 is 15.9 Å². The molecule has 1 aromatic heterocycles. The summed E-state index contributed by atoms with van der Waals surface area (Å²) in [5.74, 6) is -0.413. The van der Waals surface area contributed by atoms with Gasteiger partial charge in [0.25, 0.3) is 5.91 Å². The number of nitrogens with one attached hydrogen (secondary N) is 2. The van der Waals surface area contributed by atoms with Gasteiger partial charge in [-0.3, -0.25) is 10.1 Å². The summed E-state index contributed by atoms with van der Waals surface area (Å²) in [6.45, 7) is 3.09. The Morgan fingerprint density at radius 2 is 2.00 bits per heavy atom. The first-order valence-corrected chi connectivity index (χ1v) is 13.6. The van der Waals surface area contributed by atoms with Gasteiger partial charge in [-0.25, -0.2) is 13.1 Å². The molecule has 0 spiro atoms. The predicted octanol–water partition coefficient (Wildman–Crippen LogP) is 4.15. The number of carbonyl (C=O) groups excluding carboxylic acids is 1. The Balaban J connectivity index is 1.51. The summed E-state index contributed by atoms with van der Waals surface area (Å²) < 4.78 is 33.2. The summed E-state index contributed by atoms with van der Waals surface area (Å²) in [6, 6.07) is 5.97. The molecule has 1 aromatic carbocycles. The lowest BCUT2D eigenvalue weighted by atomic mass is 10.1. The number of carbonyl (C=O) groups is 1. The van der Waals surface area contributed by atoms with Crippen LogP contribution in [0.3, 0.4) is 0 Å². The SMILES string of the molecule is CCCCCCCCc1nnc(NC(=O)c2cccc(S(=O)(=O)NCC3CCCO3)c2)s1. The molecule has 1 fully saturated rings. The van der Waals surface area contributed by atoms with Crippen molar-refractivity contribution >= 4 is 32.4 Å². The van der Waals surface area contributed by atoms with E-state index in [2.05, 4.69) is 27.2 Å². The van der Waals surface area contributed by atoms with Gasteiger partial charge >= 0.3 is 0 Å². The predicted molar refractivity (Wildman–Crippen MR) is 126 cm³/mol. The molecule has 1 amide bonds. The molecule has 1 atom stereocenters. The molecule has 176 valence electrons. The number of amides is 1. The number of aromatic nitrogens is 2. The van der Waals surface area contributed by atoms with Crippen LogP contribution >= 0.6 is 11.3 Å². The molecule has 1 aliphatic rings. The van der Waals surface area contributed by atoms with Gasteiger partial charge in [0.1, 0.15) is 5.01 Å². The summed E-state index contributed by atoms with van der Waals surface area (Å²) in [5, 5.41) is 12.2. The molecule has 0 bridgehead atoms. The molecule has 2 aromatic rings. The highest BCUT2D eigenvalue weighted by molar-refractivity contribution is 7.89. The lowest BCUT2D eigenvalue weighted by molar-refractivity contribution is 0.102. The Morgan fingerprint density at radius 3 is 2.78 bits per heavy atom. The van der Waals surface area contributed by atoms with Crippen LogP contribution in [0.1, 0.15) is 73.7 Å². The van der Waals surface area contributed by atoms with Gasteiger partial charge < -0.3 is 4.74 Å². The zero-order chi connectivity index (χ0) is 22.8. The standard InChI is InChI=1S/C22H32N4O4S2/c1-2-3-4-5-6-7-13-20-25-26-22(31-20)24-21(27)17-10-8-12-19(15-17)32(28,29)23-16-18-11-9-14-30-18/h8,10,12,15,18,23H,2-7,9,11,13-14,16H2,1H3,(H,24,26,27). The number of hydrogen-bond donors (Lipinski definition) is 2. The van der Waals surface area contributed by atoms with E-state index in [9.17, 15) is 13.2 Å². The molecule has 2 N–H and O–H groups in total. The van der Waals surface area contributed by atoms with Gasteiger partial charge in [-0.2, -0.15) is 0 Å². The van der Waals surface area contributed by atoms with E-state index in [1.807, 2.05) is 0 Å². The number of anilines is 1. The zero-order valence-electron chi connectivity index (χ0n) is 18.5. The van der Waals surface area contributed by atoms with Crippen LogP contribution in [0.4, 0.5) is 5.13 Å². The molecule has 8 nitrogen and oxygen atoms in total. The van der Waals surface area contributed by atoms with Crippen molar-refractivity contribution in [2.75, 3.05) is 18.5 Å². The van der Waals surface area contributed by atoms with Gasteiger partial charge in [0.15, 0.2) is 0 Å². The van der Waals surface area contributed by atoms with E-state index in [0.29, 0.717) is 11.7 Å². The topological polar surface area (TPSA) is 110 Å². The molecule has 0 aliphatic carbocycles. The fourth-order valence-electron chi connectivity index (χ4n) is 3.53.